The Bertz CT molecular complexity index is 397. The van der Waals surface area contributed by atoms with Crippen LogP contribution in [-0.2, 0) is 13.1 Å². The van der Waals surface area contributed by atoms with E-state index in [4.69, 9.17) is 4.42 Å². The van der Waals surface area contributed by atoms with E-state index in [1.54, 1.807) is 0 Å². The van der Waals surface area contributed by atoms with Crippen LogP contribution in [0.2, 0.25) is 0 Å². The number of furan rings is 1. The molecular formula is C16H26N2O. The summed E-state index contributed by atoms with van der Waals surface area (Å²) in [7, 11) is 1.95. The molecule has 0 unspecified atom stereocenters. The zero-order valence-electron chi connectivity index (χ0n) is 12.1. The van der Waals surface area contributed by atoms with Gasteiger partial charge >= 0.3 is 0 Å². The van der Waals surface area contributed by atoms with Crippen molar-refractivity contribution in [1.29, 1.82) is 0 Å². The summed E-state index contributed by atoms with van der Waals surface area (Å²) in [6.07, 6.45) is 8.69. The Kier molecular flexibility index (Phi) is 3.94. The van der Waals surface area contributed by atoms with Crippen molar-refractivity contribution in [2.45, 2.75) is 51.6 Å². The number of hydrogen-bond donors (Lipinski definition) is 1. The van der Waals surface area contributed by atoms with Crippen molar-refractivity contribution in [3.8, 4) is 0 Å². The first-order valence-corrected chi connectivity index (χ1v) is 7.74. The molecule has 2 aliphatic rings. The summed E-state index contributed by atoms with van der Waals surface area (Å²) in [5.41, 5.74) is 0.719. The molecule has 106 valence electrons. The molecule has 3 heteroatoms. The highest BCUT2D eigenvalue weighted by molar-refractivity contribution is 5.07. The van der Waals surface area contributed by atoms with E-state index in [1.807, 2.05) is 7.05 Å². The average molecular weight is 262 g/mol. The van der Waals surface area contributed by atoms with E-state index in [-0.39, 0.29) is 0 Å². The maximum Gasteiger partial charge on any atom is 0.118 e. The molecule has 1 saturated carbocycles. The number of hydrogen-bond acceptors (Lipinski definition) is 3. The lowest BCUT2D eigenvalue weighted by Gasteiger charge is -2.39. The largest absolute Gasteiger partial charge is 0.463 e. The van der Waals surface area contributed by atoms with Gasteiger partial charge in [0.25, 0.3) is 0 Å². The zero-order chi connectivity index (χ0) is 13.1. The fourth-order valence-corrected chi connectivity index (χ4v) is 3.81. The van der Waals surface area contributed by atoms with E-state index in [9.17, 15) is 0 Å². The second-order valence-corrected chi connectivity index (χ2v) is 6.38. The number of likely N-dealkylation sites (tertiary alicyclic amines) is 1. The summed E-state index contributed by atoms with van der Waals surface area (Å²) in [6, 6.07) is 4.22. The predicted octanol–water partition coefficient (Wildman–Crippen LogP) is 3.16. The Hall–Kier alpha value is -0.800. The van der Waals surface area contributed by atoms with Gasteiger partial charge in [-0.15, -0.1) is 0 Å². The number of nitrogens with one attached hydrogen (secondary N) is 1. The molecular weight excluding hydrogens is 236 g/mol. The van der Waals surface area contributed by atoms with Crippen LogP contribution in [0.3, 0.4) is 0 Å². The van der Waals surface area contributed by atoms with Crippen molar-refractivity contribution < 1.29 is 4.42 Å². The van der Waals surface area contributed by atoms with Crippen molar-refractivity contribution in [3.63, 3.8) is 0 Å². The molecule has 19 heavy (non-hydrogen) atoms. The smallest absolute Gasteiger partial charge is 0.118 e. The van der Waals surface area contributed by atoms with Gasteiger partial charge in [0.05, 0.1) is 13.1 Å². The van der Waals surface area contributed by atoms with Gasteiger partial charge in [0.1, 0.15) is 11.5 Å². The van der Waals surface area contributed by atoms with Gasteiger partial charge in [0, 0.05) is 0 Å². The molecule has 1 aromatic heterocycles. The lowest BCUT2D eigenvalue weighted by molar-refractivity contribution is 0.0978. The highest BCUT2D eigenvalue weighted by atomic mass is 16.3. The van der Waals surface area contributed by atoms with E-state index < -0.39 is 0 Å². The van der Waals surface area contributed by atoms with Gasteiger partial charge in [0.2, 0.25) is 0 Å². The van der Waals surface area contributed by atoms with Gasteiger partial charge in [-0.05, 0) is 63.4 Å². The van der Waals surface area contributed by atoms with Crippen LogP contribution in [-0.4, -0.2) is 25.0 Å². The molecule has 0 amide bonds. The van der Waals surface area contributed by atoms with Crippen LogP contribution in [0, 0.1) is 5.41 Å². The summed E-state index contributed by atoms with van der Waals surface area (Å²) < 4.78 is 5.84. The standard InChI is InChI=1S/C16H26N2O/c1-17-12-14-4-5-15(19-14)13-18-10-8-16(9-11-18)6-2-3-7-16/h4-5,17H,2-3,6-13H2,1H3. The van der Waals surface area contributed by atoms with Crippen LogP contribution in [0.15, 0.2) is 16.5 Å². The van der Waals surface area contributed by atoms with Crippen molar-refractivity contribution in [2.24, 2.45) is 5.41 Å². The molecule has 1 aromatic rings. The first-order chi connectivity index (χ1) is 9.30. The highest BCUT2D eigenvalue weighted by Crippen LogP contribution is 2.46. The van der Waals surface area contributed by atoms with Crippen molar-refractivity contribution in [1.82, 2.24) is 10.2 Å². The van der Waals surface area contributed by atoms with Crippen LogP contribution in [0.4, 0.5) is 0 Å². The lowest BCUT2D eigenvalue weighted by atomic mass is 9.77. The van der Waals surface area contributed by atoms with Crippen molar-refractivity contribution in [2.75, 3.05) is 20.1 Å². The summed E-state index contributed by atoms with van der Waals surface area (Å²) >= 11 is 0. The normalized spacial score (nSPS) is 23.2. The van der Waals surface area contributed by atoms with E-state index in [0.29, 0.717) is 0 Å². The van der Waals surface area contributed by atoms with Crippen LogP contribution < -0.4 is 5.32 Å². The molecule has 1 N–H and O–H groups in total. The molecule has 0 bridgehead atoms. The SMILES string of the molecule is CNCc1ccc(CN2CCC3(CCCC3)CC2)o1. The topological polar surface area (TPSA) is 28.4 Å². The van der Waals surface area contributed by atoms with Gasteiger partial charge in [-0.2, -0.15) is 0 Å². The molecule has 1 aliphatic heterocycles. The minimum Gasteiger partial charge on any atom is -0.463 e. The fourth-order valence-electron chi connectivity index (χ4n) is 3.81. The van der Waals surface area contributed by atoms with Crippen molar-refractivity contribution >= 4 is 0 Å². The molecule has 1 aliphatic carbocycles. The lowest BCUT2D eigenvalue weighted by Crippen LogP contribution is -2.38. The highest BCUT2D eigenvalue weighted by Gasteiger charge is 2.36. The van der Waals surface area contributed by atoms with E-state index in [0.717, 1.165) is 30.0 Å². The van der Waals surface area contributed by atoms with E-state index >= 15 is 0 Å². The van der Waals surface area contributed by atoms with E-state index in [2.05, 4.69) is 22.3 Å². The first-order valence-electron chi connectivity index (χ1n) is 7.74. The zero-order valence-corrected chi connectivity index (χ0v) is 12.1. The Labute approximate surface area is 116 Å². The fraction of sp³-hybridized carbons (Fsp3) is 0.750. The third kappa shape index (κ3) is 3.03. The van der Waals surface area contributed by atoms with E-state index in [1.165, 1.54) is 51.6 Å². The molecule has 0 aromatic carbocycles. The molecule has 1 spiro atoms. The summed E-state index contributed by atoms with van der Waals surface area (Å²) in [4.78, 5) is 2.56. The van der Waals surface area contributed by atoms with Gasteiger partial charge < -0.3 is 9.73 Å². The monoisotopic (exact) mass is 262 g/mol. The van der Waals surface area contributed by atoms with Crippen molar-refractivity contribution in [3.05, 3.63) is 23.7 Å². The van der Waals surface area contributed by atoms with Crippen LogP contribution in [0.25, 0.3) is 0 Å². The summed E-state index contributed by atoms with van der Waals surface area (Å²) in [5.74, 6) is 2.16. The molecule has 3 rings (SSSR count). The first kappa shape index (κ1) is 13.2. The number of nitrogens with zero attached hydrogens (tertiary/aromatic N) is 1. The third-order valence-electron chi connectivity index (χ3n) is 5.03. The molecule has 3 nitrogen and oxygen atoms in total. The van der Waals surface area contributed by atoms with Gasteiger partial charge in [-0.3, -0.25) is 4.90 Å². The minimum atomic E-state index is 0.719. The maximum atomic E-state index is 5.84. The number of piperidine rings is 1. The summed E-state index contributed by atoms with van der Waals surface area (Å²) in [5, 5.41) is 3.13. The quantitative estimate of drug-likeness (QED) is 0.903. The second-order valence-electron chi connectivity index (χ2n) is 6.38. The molecule has 2 heterocycles. The Morgan fingerprint density at radius 2 is 1.79 bits per heavy atom. The summed E-state index contributed by atoms with van der Waals surface area (Å²) in [6.45, 7) is 4.31. The molecule has 0 atom stereocenters. The Balaban J connectivity index is 1.51. The second kappa shape index (κ2) is 5.68. The van der Waals surface area contributed by atoms with Crippen LogP contribution in [0.1, 0.15) is 50.0 Å². The van der Waals surface area contributed by atoms with Gasteiger partial charge in [-0.25, -0.2) is 0 Å². The molecule has 0 radical (unpaired) electrons. The predicted molar refractivity (Wildman–Crippen MR) is 76.9 cm³/mol. The van der Waals surface area contributed by atoms with Crippen LogP contribution in [0.5, 0.6) is 0 Å². The Morgan fingerprint density at radius 3 is 2.47 bits per heavy atom. The number of rotatable bonds is 4. The Morgan fingerprint density at radius 1 is 1.11 bits per heavy atom. The molecule has 2 fully saturated rings. The van der Waals surface area contributed by atoms with Gasteiger partial charge in [0.15, 0.2) is 0 Å². The third-order valence-corrected chi connectivity index (χ3v) is 5.03. The average Bonchev–Trinajstić information content (AvgIpc) is 3.04. The van der Waals surface area contributed by atoms with Crippen LogP contribution >= 0.6 is 0 Å². The minimum absolute atomic E-state index is 0.719. The van der Waals surface area contributed by atoms with Gasteiger partial charge in [-0.1, -0.05) is 12.8 Å². The maximum absolute atomic E-state index is 5.84. The molecule has 1 saturated heterocycles.